The Labute approximate surface area is 137 Å². The molecule has 0 spiro atoms. The minimum atomic E-state index is -0.329. The van der Waals surface area contributed by atoms with Crippen molar-refractivity contribution in [2.45, 2.75) is 39.5 Å². The second-order valence-electron chi connectivity index (χ2n) is 6.57. The average Bonchev–Trinajstić information content (AvgIpc) is 2.52. The van der Waals surface area contributed by atoms with Gasteiger partial charge in [-0.1, -0.05) is 26.0 Å². The van der Waals surface area contributed by atoms with Crippen molar-refractivity contribution in [1.29, 1.82) is 0 Å². The Hall–Kier alpha value is -2.04. The van der Waals surface area contributed by atoms with Crippen LogP contribution < -0.4 is 10.5 Å². The molecule has 23 heavy (non-hydrogen) atoms. The number of benzene rings is 1. The lowest BCUT2D eigenvalue weighted by Crippen LogP contribution is -2.45. The van der Waals surface area contributed by atoms with E-state index < -0.39 is 0 Å². The van der Waals surface area contributed by atoms with Crippen molar-refractivity contribution in [3.63, 3.8) is 0 Å². The van der Waals surface area contributed by atoms with Gasteiger partial charge in [0.1, 0.15) is 5.75 Å². The molecule has 0 saturated carbocycles. The first-order chi connectivity index (χ1) is 10.9. The van der Waals surface area contributed by atoms with Crippen LogP contribution in [0.4, 0.5) is 0 Å². The lowest BCUT2D eigenvalue weighted by Gasteiger charge is -2.31. The van der Waals surface area contributed by atoms with Gasteiger partial charge in [0.2, 0.25) is 5.91 Å². The van der Waals surface area contributed by atoms with Crippen LogP contribution in [0.15, 0.2) is 18.2 Å². The lowest BCUT2D eigenvalue weighted by atomic mass is 9.97. The zero-order valence-corrected chi connectivity index (χ0v) is 14.2. The average molecular weight is 318 g/mol. The third-order valence-electron chi connectivity index (χ3n) is 4.32. The number of aryl methyl sites for hydroxylation is 1. The van der Waals surface area contributed by atoms with Gasteiger partial charge in [-0.2, -0.15) is 0 Å². The van der Waals surface area contributed by atoms with E-state index in [2.05, 4.69) is 13.8 Å². The molecule has 0 radical (unpaired) electrons. The van der Waals surface area contributed by atoms with Crippen molar-refractivity contribution >= 4 is 11.8 Å². The molecule has 1 saturated heterocycles. The lowest BCUT2D eigenvalue weighted by molar-refractivity contribution is -0.136. The quantitative estimate of drug-likeness (QED) is 0.905. The van der Waals surface area contributed by atoms with Gasteiger partial charge in [0.15, 0.2) is 6.61 Å². The van der Waals surface area contributed by atoms with Gasteiger partial charge in [0.05, 0.1) is 5.92 Å². The van der Waals surface area contributed by atoms with Crippen LogP contribution in [0.1, 0.15) is 43.7 Å². The van der Waals surface area contributed by atoms with Crippen molar-refractivity contribution in [1.82, 2.24) is 4.90 Å². The standard InChI is InChI=1S/C18H26N2O3/c1-12(2)15-7-6-13(3)9-16(15)23-11-17(21)20-8-4-5-14(10-20)18(19)22/h6-7,9,12,14H,4-5,8,10-11H2,1-3H3,(H2,19,22). The van der Waals surface area contributed by atoms with Crippen molar-refractivity contribution < 1.29 is 14.3 Å². The van der Waals surface area contributed by atoms with Crippen molar-refractivity contribution in [2.75, 3.05) is 19.7 Å². The van der Waals surface area contributed by atoms with Gasteiger partial charge in [0.25, 0.3) is 5.91 Å². The maximum atomic E-state index is 12.4. The van der Waals surface area contributed by atoms with Gasteiger partial charge in [-0.25, -0.2) is 0 Å². The molecule has 0 bridgehead atoms. The van der Waals surface area contributed by atoms with Gasteiger partial charge in [-0.05, 0) is 42.9 Å². The van der Waals surface area contributed by atoms with Gasteiger partial charge < -0.3 is 15.4 Å². The summed E-state index contributed by atoms with van der Waals surface area (Å²) in [7, 11) is 0. The van der Waals surface area contributed by atoms with Gasteiger partial charge in [0, 0.05) is 13.1 Å². The highest BCUT2D eigenvalue weighted by Crippen LogP contribution is 2.27. The van der Waals surface area contributed by atoms with Gasteiger partial charge in [-0.15, -0.1) is 0 Å². The van der Waals surface area contributed by atoms with E-state index in [4.69, 9.17) is 10.5 Å². The molecule has 5 nitrogen and oxygen atoms in total. The summed E-state index contributed by atoms with van der Waals surface area (Å²) < 4.78 is 5.78. The number of hydrogen-bond donors (Lipinski definition) is 1. The molecule has 1 aromatic rings. The third kappa shape index (κ3) is 4.47. The Bertz CT molecular complexity index is 584. The monoisotopic (exact) mass is 318 g/mol. The van der Waals surface area contributed by atoms with Crippen LogP contribution in [0.5, 0.6) is 5.75 Å². The van der Waals surface area contributed by atoms with Crippen LogP contribution in [-0.2, 0) is 9.59 Å². The van der Waals surface area contributed by atoms with Crippen LogP contribution in [0.3, 0.4) is 0 Å². The molecule has 1 aromatic carbocycles. The summed E-state index contributed by atoms with van der Waals surface area (Å²) in [5.41, 5.74) is 7.55. The molecule has 126 valence electrons. The number of ether oxygens (including phenoxy) is 1. The predicted octanol–water partition coefficient (Wildman–Crippen LogP) is 2.22. The SMILES string of the molecule is Cc1ccc(C(C)C)c(OCC(=O)N2CCCC(C(N)=O)C2)c1. The number of carbonyl (C=O) groups excluding carboxylic acids is 2. The largest absolute Gasteiger partial charge is 0.483 e. The molecule has 2 amide bonds. The number of nitrogens with zero attached hydrogens (tertiary/aromatic N) is 1. The van der Waals surface area contributed by atoms with E-state index in [1.807, 2.05) is 25.1 Å². The van der Waals surface area contributed by atoms with Crippen molar-refractivity contribution in [3.8, 4) is 5.75 Å². The zero-order valence-electron chi connectivity index (χ0n) is 14.2. The molecule has 1 fully saturated rings. The van der Waals surface area contributed by atoms with Crippen molar-refractivity contribution in [3.05, 3.63) is 29.3 Å². The summed E-state index contributed by atoms with van der Waals surface area (Å²) >= 11 is 0. The summed E-state index contributed by atoms with van der Waals surface area (Å²) in [6.45, 7) is 7.26. The van der Waals surface area contributed by atoms with Crippen LogP contribution in [0.2, 0.25) is 0 Å². The summed E-state index contributed by atoms with van der Waals surface area (Å²) in [5, 5.41) is 0. The van der Waals surface area contributed by atoms with Gasteiger partial charge >= 0.3 is 0 Å². The Morgan fingerprint density at radius 3 is 2.78 bits per heavy atom. The maximum Gasteiger partial charge on any atom is 0.260 e. The highest BCUT2D eigenvalue weighted by molar-refractivity contribution is 5.81. The van der Waals surface area contributed by atoms with E-state index >= 15 is 0 Å². The first-order valence-electron chi connectivity index (χ1n) is 8.19. The fourth-order valence-electron chi connectivity index (χ4n) is 2.91. The molecule has 1 unspecified atom stereocenters. The smallest absolute Gasteiger partial charge is 0.260 e. The number of piperidine rings is 1. The van der Waals surface area contributed by atoms with E-state index in [0.29, 0.717) is 19.0 Å². The first kappa shape index (κ1) is 17.3. The predicted molar refractivity (Wildman–Crippen MR) is 89.3 cm³/mol. The number of likely N-dealkylation sites (tertiary alicyclic amines) is 1. The number of carbonyl (C=O) groups is 2. The molecule has 2 rings (SSSR count). The summed E-state index contributed by atoms with van der Waals surface area (Å²) in [4.78, 5) is 25.4. The first-order valence-corrected chi connectivity index (χ1v) is 8.19. The Kier molecular flexibility index (Phi) is 5.64. The highest BCUT2D eigenvalue weighted by Gasteiger charge is 2.27. The van der Waals surface area contributed by atoms with E-state index in [9.17, 15) is 9.59 Å². The molecule has 0 aliphatic carbocycles. The Morgan fingerprint density at radius 2 is 2.13 bits per heavy atom. The topological polar surface area (TPSA) is 72.6 Å². The minimum absolute atomic E-state index is 0.00530. The Morgan fingerprint density at radius 1 is 1.39 bits per heavy atom. The van der Waals surface area contributed by atoms with E-state index in [1.165, 1.54) is 0 Å². The number of amides is 2. The van der Waals surface area contributed by atoms with Crippen LogP contribution >= 0.6 is 0 Å². The van der Waals surface area contributed by atoms with E-state index in [-0.39, 0.29) is 24.3 Å². The second-order valence-corrected chi connectivity index (χ2v) is 6.57. The summed E-state index contributed by atoms with van der Waals surface area (Å²) in [5.74, 6) is 0.431. The molecule has 1 heterocycles. The Balaban J connectivity index is 1.99. The normalized spacial score (nSPS) is 18.1. The molecule has 0 aromatic heterocycles. The molecule has 1 atom stereocenters. The summed E-state index contributed by atoms with van der Waals surface area (Å²) in [6, 6.07) is 6.06. The minimum Gasteiger partial charge on any atom is -0.483 e. The molecule has 2 N–H and O–H groups in total. The number of rotatable bonds is 5. The fourth-order valence-corrected chi connectivity index (χ4v) is 2.91. The highest BCUT2D eigenvalue weighted by atomic mass is 16.5. The molecular formula is C18H26N2O3. The van der Waals surface area contributed by atoms with Crippen molar-refractivity contribution in [2.24, 2.45) is 11.7 Å². The zero-order chi connectivity index (χ0) is 17.0. The second kappa shape index (κ2) is 7.49. The molecule has 5 heteroatoms. The maximum absolute atomic E-state index is 12.4. The molecule has 1 aliphatic heterocycles. The number of primary amides is 1. The van der Waals surface area contributed by atoms with Crippen LogP contribution in [0.25, 0.3) is 0 Å². The van der Waals surface area contributed by atoms with Crippen LogP contribution in [-0.4, -0.2) is 36.4 Å². The number of hydrogen-bond acceptors (Lipinski definition) is 3. The number of nitrogens with two attached hydrogens (primary N) is 1. The molecule has 1 aliphatic rings. The van der Waals surface area contributed by atoms with Gasteiger partial charge in [-0.3, -0.25) is 9.59 Å². The van der Waals surface area contributed by atoms with E-state index in [0.717, 1.165) is 29.7 Å². The van der Waals surface area contributed by atoms with Crippen LogP contribution in [0, 0.1) is 12.8 Å². The summed E-state index contributed by atoms with van der Waals surface area (Å²) in [6.07, 6.45) is 1.57. The van der Waals surface area contributed by atoms with E-state index in [1.54, 1.807) is 4.90 Å². The fraction of sp³-hybridized carbons (Fsp3) is 0.556. The third-order valence-corrected chi connectivity index (χ3v) is 4.32. The molecular weight excluding hydrogens is 292 g/mol.